The summed E-state index contributed by atoms with van der Waals surface area (Å²) in [5, 5.41) is 15.7. The lowest BCUT2D eigenvalue weighted by Crippen LogP contribution is -2.31. The third-order valence-electron chi connectivity index (χ3n) is 4.13. The Balaban J connectivity index is 1.70. The fourth-order valence-corrected chi connectivity index (χ4v) is 3.26. The van der Waals surface area contributed by atoms with Gasteiger partial charge in [0.15, 0.2) is 5.15 Å². The van der Waals surface area contributed by atoms with E-state index in [1.807, 2.05) is 0 Å². The van der Waals surface area contributed by atoms with Crippen LogP contribution in [0.1, 0.15) is 15.9 Å². The number of pyridine rings is 2. The number of aliphatic carboxylic acids is 1. The number of amides is 1. The molecule has 0 spiro atoms. The second-order valence-electron chi connectivity index (χ2n) is 6.21. The second-order valence-corrected chi connectivity index (χ2v) is 7.38. The van der Waals surface area contributed by atoms with Gasteiger partial charge in [-0.05, 0) is 29.8 Å². The van der Waals surface area contributed by atoms with Gasteiger partial charge in [-0.3, -0.25) is 9.78 Å². The lowest BCUT2D eigenvalue weighted by atomic mass is 10.0. The average molecular weight is 466 g/mol. The van der Waals surface area contributed by atoms with E-state index in [9.17, 15) is 14.7 Å². The summed E-state index contributed by atoms with van der Waals surface area (Å²) in [5.74, 6) is -1.45. The molecule has 2 aromatic heterocycles. The molecule has 0 saturated heterocycles. The van der Waals surface area contributed by atoms with Crippen molar-refractivity contribution >= 4 is 58.1 Å². The van der Waals surface area contributed by atoms with Gasteiger partial charge in [0.25, 0.3) is 5.91 Å². The van der Waals surface area contributed by atoms with E-state index < -0.39 is 17.9 Å². The maximum atomic E-state index is 12.5. The van der Waals surface area contributed by atoms with E-state index in [4.69, 9.17) is 34.8 Å². The molecular formula is C20H15Cl3N4O3. The Morgan fingerprint density at radius 2 is 1.70 bits per heavy atom. The molecule has 3 aromatic rings. The van der Waals surface area contributed by atoms with Crippen LogP contribution in [0, 0.1) is 0 Å². The minimum Gasteiger partial charge on any atom is -0.480 e. The van der Waals surface area contributed by atoms with Crippen LogP contribution in [0.15, 0.2) is 55.0 Å². The predicted octanol–water partition coefficient (Wildman–Crippen LogP) is 4.80. The van der Waals surface area contributed by atoms with Crippen molar-refractivity contribution in [3.05, 3.63) is 81.3 Å². The van der Waals surface area contributed by atoms with Crippen molar-refractivity contribution in [1.82, 2.24) is 9.97 Å². The topological polar surface area (TPSA) is 104 Å². The Bertz CT molecular complexity index is 1060. The molecule has 30 heavy (non-hydrogen) atoms. The minimum atomic E-state index is -1.04. The molecule has 7 nitrogen and oxygen atoms in total. The lowest BCUT2D eigenvalue weighted by Gasteiger charge is -2.16. The van der Waals surface area contributed by atoms with Crippen molar-refractivity contribution in [3.8, 4) is 0 Å². The zero-order valence-electron chi connectivity index (χ0n) is 15.3. The van der Waals surface area contributed by atoms with E-state index in [0.717, 1.165) is 0 Å². The number of carbonyl (C=O) groups excluding carboxylic acids is 1. The van der Waals surface area contributed by atoms with Gasteiger partial charge in [0, 0.05) is 30.6 Å². The average Bonchev–Trinajstić information content (AvgIpc) is 2.72. The maximum Gasteiger partial charge on any atom is 0.326 e. The Morgan fingerprint density at radius 1 is 1.03 bits per heavy atom. The molecule has 0 fully saturated rings. The van der Waals surface area contributed by atoms with Crippen molar-refractivity contribution in [2.75, 3.05) is 10.6 Å². The number of halogens is 3. The molecule has 1 atom stereocenters. The Hall–Kier alpha value is -2.87. The summed E-state index contributed by atoms with van der Waals surface area (Å²) in [5.41, 5.74) is 1.77. The summed E-state index contributed by atoms with van der Waals surface area (Å²) in [6, 6.07) is 8.89. The highest BCUT2D eigenvalue weighted by Crippen LogP contribution is 2.29. The van der Waals surface area contributed by atoms with Gasteiger partial charge in [0.05, 0.1) is 21.4 Å². The zero-order chi connectivity index (χ0) is 21.7. The fraction of sp³-hybridized carbons (Fsp3) is 0.100. The van der Waals surface area contributed by atoms with E-state index in [-0.39, 0.29) is 27.3 Å². The molecule has 0 aliphatic heterocycles. The van der Waals surface area contributed by atoms with E-state index in [1.165, 1.54) is 18.6 Å². The Labute approximate surface area is 187 Å². The number of carbonyl (C=O) groups is 2. The molecule has 10 heteroatoms. The molecule has 0 radical (unpaired) electrons. The number of anilines is 2. The zero-order valence-corrected chi connectivity index (χ0v) is 17.5. The van der Waals surface area contributed by atoms with Crippen LogP contribution in [0.4, 0.5) is 11.4 Å². The van der Waals surface area contributed by atoms with Gasteiger partial charge in [-0.1, -0.05) is 46.9 Å². The van der Waals surface area contributed by atoms with E-state index in [0.29, 0.717) is 16.8 Å². The molecule has 0 saturated carbocycles. The van der Waals surface area contributed by atoms with Crippen LogP contribution in [0.3, 0.4) is 0 Å². The fourth-order valence-electron chi connectivity index (χ4n) is 2.63. The highest BCUT2D eigenvalue weighted by molar-refractivity contribution is 6.39. The number of nitrogens with zero attached hydrogens (tertiary/aromatic N) is 2. The first-order valence-electron chi connectivity index (χ1n) is 8.64. The Kier molecular flexibility index (Phi) is 7.10. The first kappa shape index (κ1) is 21.8. The second kappa shape index (κ2) is 9.75. The SMILES string of the molecule is O=C(Nc1c(Cl)cncc1Cl)c1ccc(CC(Nc2cccnc2Cl)C(=O)O)cc1. The van der Waals surface area contributed by atoms with Gasteiger partial charge >= 0.3 is 5.97 Å². The van der Waals surface area contributed by atoms with Gasteiger partial charge in [-0.2, -0.15) is 0 Å². The summed E-state index contributed by atoms with van der Waals surface area (Å²) < 4.78 is 0. The molecule has 3 rings (SSSR count). The summed E-state index contributed by atoms with van der Waals surface area (Å²) in [6.07, 6.45) is 4.43. The molecule has 1 aromatic carbocycles. The number of hydrogen-bond donors (Lipinski definition) is 3. The summed E-state index contributed by atoms with van der Waals surface area (Å²) in [4.78, 5) is 31.9. The quantitative estimate of drug-likeness (QED) is 0.433. The molecule has 1 amide bonds. The van der Waals surface area contributed by atoms with Crippen LogP contribution >= 0.6 is 34.8 Å². The molecule has 1 unspecified atom stereocenters. The van der Waals surface area contributed by atoms with Crippen LogP contribution < -0.4 is 10.6 Å². The highest BCUT2D eigenvalue weighted by Gasteiger charge is 2.19. The molecule has 3 N–H and O–H groups in total. The lowest BCUT2D eigenvalue weighted by molar-refractivity contribution is -0.137. The van der Waals surface area contributed by atoms with Crippen molar-refractivity contribution < 1.29 is 14.7 Å². The third kappa shape index (κ3) is 5.38. The van der Waals surface area contributed by atoms with Crippen molar-refractivity contribution in [2.45, 2.75) is 12.5 Å². The maximum absolute atomic E-state index is 12.5. The van der Waals surface area contributed by atoms with Crippen molar-refractivity contribution in [1.29, 1.82) is 0 Å². The van der Waals surface area contributed by atoms with Crippen LogP contribution in [-0.4, -0.2) is 33.0 Å². The van der Waals surface area contributed by atoms with Gasteiger partial charge < -0.3 is 15.7 Å². The molecule has 154 valence electrons. The summed E-state index contributed by atoms with van der Waals surface area (Å²) >= 11 is 18.0. The number of benzene rings is 1. The van der Waals surface area contributed by atoms with Gasteiger partial charge in [0.1, 0.15) is 6.04 Å². The predicted molar refractivity (Wildman–Crippen MR) is 117 cm³/mol. The standard InChI is InChI=1S/C20H15Cl3N4O3/c21-13-9-24-10-14(22)17(13)27-19(28)12-5-3-11(4-6-12)8-16(20(29)30)26-15-2-1-7-25-18(15)23/h1-7,9-10,16,26H,8H2,(H,29,30)(H,24,27,28). The molecule has 0 aliphatic carbocycles. The normalized spacial score (nSPS) is 11.6. The number of hydrogen-bond acceptors (Lipinski definition) is 5. The number of aromatic nitrogens is 2. The van der Waals surface area contributed by atoms with Gasteiger partial charge in [0.2, 0.25) is 0 Å². The molecular weight excluding hydrogens is 451 g/mol. The van der Waals surface area contributed by atoms with Gasteiger partial charge in [-0.15, -0.1) is 0 Å². The molecule has 0 bridgehead atoms. The number of rotatable bonds is 7. The highest BCUT2D eigenvalue weighted by atomic mass is 35.5. The first-order chi connectivity index (χ1) is 14.3. The van der Waals surface area contributed by atoms with E-state index in [1.54, 1.807) is 36.4 Å². The van der Waals surface area contributed by atoms with Crippen LogP contribution in [0.5, 0.6) is 0 Å². The summed E-state index contributed by atoms with van der Waals surface area (Å²) in [7, 11) is 0. The van der Waals surface area contributed by atoms with Crippen molar-refractivity contribution in [2.24, 2.45) is 0 Å². The number of carboxylic acids is 1. The smallest absolute Gasteiger partial charge is 0.326 e. The van der Waals surface area contributed by atoms with E-state index in [2.05, 4.69) is 20.6 Å². The van der Waals surface area contributed by atoms with E-state index >= 15 is 0 Å². The molecule has 0 aliphatic rings. The van der Waals surface area contributed by atoms with Crippen molar-refractivity contribution in [3.63, 3.8) is 0 Å². The van der Waals surface area contributed by atoms with Crippen LogP contribution in [-0.2, 0) is 11.2 Å². The summed E-state index contributed by atoms with van der Waals surface area (Å²) in [6.45, 7) is 0. The third-order valence-corrected chi connectivity index (χ3v) is 5.01. The number of carboxylic acid groups (broad SMARTS) is 1. The Morgan fingerprint density at radius 3 is 2.30 bits per heavy atom. The van der Waals surface area contributed by atoms with Crippen LogP contribution in [0.25, 0.3) is 0 Å². The monoisotopic (exact) mass is 464 g/mol. The molecule has 2 heterocycles. The van der Waals surface area contributed by atoms with Crippen LogP contribution in [0.2, 0.25) is 15.2 Å². The minimum absolute atomic E-state index is 0.171. The number of nitrogens with one attached hydrogen (secondary N) is 2. The van der Waals surface area contributed by atoms with Gasteiger partial charge in [-0.25, -0.2) is 9.78 Å². The largest absolute Gasteiger partial charge is 0.480 e. The first-order valence-corrected chi connectivity index (χ1v) is 9.77.